The molecule has 0 atom stereocenters. The van der Waals surface area contributed by atoms with Crippen molar-refractivity contribution in [1.29, 1.82) is 0 Å². The highest BCUT2D eigenvalue weighted by Gasteiger charge is 1.81. The normalized spacial score (nSPS) is 7.55. The number of rotatable bonds is 3. The van der Waals surface area contributed by atoms with Gasteiger partial charge in [-0.25, -0.2) is 4.79 Å². The summed E-state index contributed by atoms with van der Waals surface area (Å²) in [7, 11) is 1.31. The Hall–Kier alpha value is -0.830. The van der Waals surface area contributed by atoms with Crippen LogP contribution in [-0.4, -0.2) is 24.8 Å². The van der Waals surface area contributed by atoms with E-state index in [4.69, 9.17) is 5.11 Å². The minimum Gasteiger partial charge on any atom is -0.466 e. The predicted octanol–water partition coefficient (Wildman–Crippen LogP) is 1.12. The zero-order valence-electron chi connectivity index (χ0n) is 7.17. The molecule has 66 valence electrons. The third-order valence-electron chi connectivity index (χ3n) is 0.880. The first kappa shape index (κ1) is 12.8. The molecule has 11 heavy (non-hydrogen) atoms. The summed E-state index contributed by atoms with van der Waals surface area (Å²) in [4.78, 5) is 9.84. The molecule has 0 aromatic heterocycles. The van der Waals surface area contributed by atoms with Gasteiger partial charge < -0.3 is 9.84 Å². The Morgan fingerprint density at radius 1 is 1.73 bits per heavy atom. The quantitative estimate of drug-likeness (QED) is 0.497. The highest BCUT2D eigenvalue weighted by Crippen LogP contribution is 1.78. The number of esters is 1. The van der Waals surface area contributed by atoms with Crippen molar-refractivity contribution < 1.29 is 14.6 Å². The van der Waals surface area contributed by atoms with E-state index in [1.165, 1.54) is 7.11 Å². The van der Waals surface area contributed by atoms with Gasteiger partial charge in [0.05, 0.1) is 7.11 Å². The highest BCUT2D eigenvalue weighted by molar-refractivity contribution is 5.80. The molecule has 0 fully saturated rings. The van der Waals surface area contributed by atoms with E-state index in [1.54, 1.807) is 0 Å². The Balaban J connectivity index is 0. The van der Waals surface area contributed by atoms with Crippen molar-refractivity contribution in [2.45, 2.75) is 19.8 Å². The molecule has 0 aliphatic rings. The van der Waals surface area contributed by atoms with Crippen molar-refractivity contribution >= 4 is 5.97 Å². The second-order valence-corrected chi connectivity index (χ2v) is 1.80. The Kier molecular flexibility index (Phi) is 13.9. The lowest BCUT2D eigenvalue weighted by Crippen LogP contribution is -1.91. The fourth-order valence-corrected chi connectivity index (χ4v) is 0.241. The Labute approximate surface area is 67.7 Å². The van der Waals surface area contributed by atoms with Crippen LogP contribution in [-0.2, 0) is 9.53 Å². The van der Waals surface area contributed by atoms with Crippen LogP contribution < -0.4 is 0 Å². The first-order valence-electron chi connectivity index (χ1n) is 3.54. The van der Waals surface area contributed by atoms with Crippen molar-refractivity contribution in [1.82, 2.24) is 0 Å². The SMILES string of the molecule is C=CC(=O)OC.CCCCO. The fraction of sp³-hybridized carbons (Fsp3) is 0.625. The Morgan fingerprint density at radius 2 is 2.27 bits per heavy atom. The molecule has 0 aliphatic carbocycles. The maximum atomic E-state index is 9.84. The third-order valence-corrected chi connectivity index (χ3v) is 0.880. The second-order valence-electron chi connectivity index (χ2n) is 1.80. The van der Waals surface area contributed by atoms with Crippen molar-refractivity contribution in [2.24, 2.45) is 0 Å². The maximum Gasteiger partial charge on any atom is 0.329 e. The number of aliphatic hydroxyl groups excluding tert-OH is 1. The van der Waals surface area contributed by atoms with Gasteiger partial charge >= 0.3 is 5.97 Å². The van der Waals surface area contributed by atoms with E-state index in [2.05, 4.69) is 18.2 Å². The summed E-state index contributed by atoms with van der Waals surface area (Å²) in [5.41, 5.74) is 0. The van der Waals surface area contributed by atoms with Gasteiger partial charge in [0.25, 0.3) is 0 Å². The van der Waals surface area contributed by atoms with Gasteiger partial charge in [0.15, 0.2) is 0 Å². The van der Waals surface area contributed by atoms with Crippen LogP contribution in [0.3, 0.4) is 0 Å². The summed E-state index contributed by atoms with van der Waals surface area (Å²) in [5, 5.41) is 8.07. The number of carbonyl (C=O) groups excluding carboxylic acids is 1. The Bertz CT molecular complexity index is 97.5. The van der Waals surface area contributed by atoms with Crippen LogP contribution in [0.5, 0.6) is 0 Å². The molecule has 3 nitrogen and oxygen atoms in total. The van der Waals surface area contributed by atoms with Crippen LogP contribution >= 0.6 is 0 Å². The molecule has 0 saturated carbocycles. The molecule has 0 saturated heterocycles. The van der Waals surface area contributed by atoms with Crippen LogP contribution in [0.1, 0.15) is 19.8 Å². The van der Waals surface area contributed by atoms with Gasteiger partial charge in [-0.15, -0.1) is 0 Å². The van der Waals surface area contributed by atoms with Crippen LogP contribution in [0.25, 0.3) is 0 Å². The lowest BCUT2D eigenvalue weighted by Gasteiger charge is -1.83. The lowest BCUT2D eigenvalue weighted by atomic mass is 10.4. The molecule has 0 radical (unpaired) electrons. The number of unbranched alkanes of at least 4 members (excludes halogenated alkanes) is 1. The summed E-state index contributed by atoms with van der Waals surface area (Å²) in [6.07, 6.45) is 3.15. The molecule has 3 heteroatoms. The molecule has 0 heterocycles. The predicted molar refractivity (Wildman–Crippen MR) is 44.2 cm³/mol. The number of hydrogen-bond donors (Lipinski definition) is 1. The molecule has 0 amide bonds. The van der Waals surface area contributed by atoms with Gasteiger partial charge in [-0.1, -0.05) is 19.9 Å². The first-order chi connectivity index (χ1) is 5.22. The minimum absolute atomic E-state index is 0.344. The van der Waals surface area contributed by atoms with Crippen LogP contribution in [0.15, 0.2) is 12.7 Å². The van der Waals surface area contributed by atoms with E-state index in [-0.39, 0.29) is 0 Å². The van der Waals surface area contributed by atoms with Crippen molar-refractivity contribution in [2.75, 3.05) is 13.7 Å². The van der Waals surface area contributed by atoms with Gasteiger partial charge in [0.1, 0.15) is 0 Å². The average Bonchev–Trinajstić information content (AvgIpc) is 2.06. The lowest BCUT2D eigenvalue weighted by molar-refractivity contribution is -0.134. The Morgan fingerprint density at radius 3 is 2.27 bits per heavy atom. The third kappa shape index (κ3) is 17.6. The second kappa shape index (κ2) is 11.9. The number of aliphatic hydroxyl groups is 1. The van der Waals surface area contributed by atoms with Crippen LogP contribution in [0.2, 0.25) is 0 Å². The monoisotopic (exact) mass is 160 g/mol. The van der Waals surface area contributed by atoms with E-state index in [0.717, 1.165) is 18.9 Å². The number of carbonyl (C=O) groups is 1. The van der Waals surface area contributed by atoms with E-state index in [1.807, 2.05) is 0 Å². The molecule has 0 spiro atoms. The van der Waals surface area contributed by atoms with Crippen LogP contribution in [0.4, 0.5) is 0 Å². The van der Waals surface area contributed by atoms with Gasteiger partial charge in [0, 0.05) is 12.7 Å². The van der Waals surface area contributed by atoms with Crippen molar-refractivity contribution in [3.8, 4) is 0 Å². The molecule has 0 aromatic rings. The minimum atomic E-state index is -0.394. The summed E-state index contributed by atoms with van der Waals surface area (Å²) in [5.74, 6) is -0.394. The molecular formula is C8H16O3. The topological polar surface area (TPSA) is 46.5 Å². The van der Waals surface area contributed by atoms with E-state index < -0.39 is 5.97 Å². The summed E-state index contributed by atoms with van der Waals surface area (Å²) >= 11 is 0. The molecule has 0 bridgehead atoms. The molecule has 0 rings (SSSR count). The summed E-state index contributed by atoms with van der Waals surface area (Å²) in [6.45, 7) is 5.55. The largest absolute Gasteiger partial charge is 0.466 e. The van der Waals surface area contributed by atoms with Gasteiger partial charge in [-0.2, -0.15) is 0 Å². The van der Waals surface area contributed by atoms with Crippen molar-refractivity contribution in [3.63, 3.8) is 0 Å². The fourth-order valence-electron chi connectivity index (χ4n) is 0.241. The number of hydrogen-bond acceptors (Lipinski definition) is 3. The number of methoxy groups -OCH3 is 1. The standard InChI is InChI=1S/C4H6O2.C4H10O/c1-3-4(5)6-2;1-2-3-4-5/h3H,1H2,2H3;5H,2-4H2,1H3. The number of ether oxygens (including phenoxy) is 1. The highest BCUT2D eigenvalue weighted by atomic mass is 16.5. The summed E-state index contributed by atoms with van der Waals surface area (Å²) in [6, 6.07) is 0. The molecular weight excluding hydrogens is 144 g/mol. The molecule has 0 aromatic carbocycles. The van der Waals surface area contributed by atoms with Gasteiger partial charge in [-0.05, 0) is 6.42 Å². The van der Waals surface area contributed by atoms with E-state index in [0.29, 0.717) is 6.61 Å². The zero-order chi connectivity index (χ0) is 9.11. The molecule has 1 N–H and O–H groups in total. The molecule has 0 unspecified atom stereocenters. The zero-order valence-corrected chi connectivity index (χ0v) is 7.17. The summed E-state index contributed by atoms with van der Waals surface area (Å²) < 4.78 is 4.14. The van der Waals surface area contributed by atoms with Gasteiger partial charge in [-0.3, -0.25) is 0 Å². The van der Waals surface area contributed by atoms with Crippen LogP contribution in [0, 0.1) is 0 Å². The van der Waals surface area contributed by atoms with Gasteiger partial charge in [0.2, 0.25) is 0 Å². The maximum absolute atomic E-state index is 9.84. The van der Waals surface area contributed by atoms with E-state index in [9.17, 15) is 4.79 Å². The van der Waals surface area contributed by atoms with E-state index >= 15 is 0 Å². The smallest absolute Gasteiger partial charge is 0.329 e. The van der Waals surface area contributed by atoms with Crippen molar-refractivity contribution in [3.05, 3.63) is 12.7 Å². The molecule has 0 aliphatic heterocycles. The first-order valence-corrected chi connectivity index (χ1v) is 3.54. The average molecular weight is 160 g/mol.